The van der Waals surface area contributed by atoms with Crippen LogP contribution in [-0.4, -0.2) is 36.4 Å². The maximum Gasteiger partial charge on any atom is 0.216 e. The maximum absolute atomic E-state index is 12.3. The summed E-state index contributed by atoms with van der Waals surface area (Å²) in [6.07, 6.45) is 5.94. The number of halogens is 1. The van der Waals surface area contributed by atoms with Gasteiger partial charge in [-0.1, -0.05) is 28.8 Å². The first-order valence-electron chi connectivity index (χ1n) is 6.19. The Balaban J connectivity index is 1.97. The molecular weight excluding hydrogens is 290 g/mol. The SMILES string of the molecule is O=S(=O)(C1CCCC1)N1CCC(CBr)CC1. The van der Waals surface area contributed by atoms with Gasteiger partial charge in [0.1, 0.15) is 0 Å². The van der Waals surface area contributed by atoms with E-state index in [0.717, 1.165) is 56.9 Å². The average molecular weight is 310 g/mol. The second kappa shape index (κ2) is 5.36. The number of sulfonamides is 1. The van der Waals surface area contributed by atoms with Crippen molar-refractivity contribution in [3.05, 3.63) is 0 Å². The van der Waals surface area contributed by atoms with Gasteiger partial charge in [-0.2, -0.15) is 0 Å². The van der Waals surface area contributed by atoms with Crippen LogP contribution in [-0.2, 0) is 10.0 Å². The quantitative estimate of drug-likeness (QED) is 0.751. The van der Waals surface area contributed by atoms with Crippen LogP contribution >= 0.6 is 15.9 Å². The largest absolute Gasteiger partial charge is 0.216 e. The van der Waals surface area contributed by atoms with E-state index in [1.165, 1.54) is 0 Å². The molecule has 1 heterocycles. The number of rotatable bonds is 3. The summed E-state index contributed by atoms with van der Waals surface area (Å²) in [7, 11) is -2.98. The van der Waals surface area contributed by atoms with Crippen molar-refractivity contribution in [2.75, 3.05) is 18.4 Å². The highest BCUT2D eigenvalue weighted by molar-refractivity contribution is 9.09. The molecule has 0 amide bonds. The zero-order valence-electron chi connectivity index (χ0n) is 9.57. The Bertz CT molecular complexity index is 317. The summed E-state index contributed by atoms with van der Waals surface area (Å²) in [6.45, 7) is 1.46. The molecule has 0 aromatic carbocycles. The third-order valence-electron chi connectivity index (χ3n) is 3.88. The van der Waals surface area contributed by atoms with Gasteiger partial charge in [0.05, 0.1) is 5.25 Å². The molecule has 16 heavy (non-hydrogen) atoms. The van der Waals surface area contributed by atoms with E-state index in [2.05, 4.69) is 15.9 Å². The first-order valence-corrected chi connectivity index (χ1v) is 8.82. The van der Waals surface area contributed by atoms with Crippen LogP contribution in [0, 0.1) is 5.92 Å². The standard InChI is InChI=1S/C11H20BrNO2S/c12-9-10-5-7-13(8-6-10)16(14,15)11-3-1-2-4-11/h10-11H,1-9H2. The highest BCUT2D eigenvalue weighted by Gasteiger charge is 2.35. The number of alkyl halides is 1. The second-order valence-corrected chi connectivity index (χ2v) is 7.81. The van der Waals surface area contributed by atoms with Gasteiger partial charge in [-0.05, 0) is 31.6 Å². The van der Waals surface area contributed by atoms with Crippen molar-refractivity contribution in [3.8, 4) is 0 Å². The number of piperidine rings is 1. The highest BCUT2D eigenvalue weighted by Crippen LogP contribution is 2.30. The van der Waals surface area contributed by atoms with Gasteiger partial charge < -0.3 is 0 Å². The molecule has 2 rings (SSSR count). The van der Waals surface area contributed by atoms with Crippen LogP contribution in [0.3, 0.4) is 0 Å². The first-order chi connectivity index (χ1) is 7.64. The van der Waals surface area contributed by atoms with E-state index in [4.69, 9.17) is 0 Å². The Hall–Kier alpha value is 0.390. The van der Waals surface area contributed by atoms with Crippen molar-refractivity contribution >= 4 is 26.0 Å². The summed E-state index contributed by atoms with van der Waals surface area (Å²) >= 11 is 3.48. The molecule has 1 saturated heterocycles. The minimum absolute atomic E-state index is 0.0759. The van der Waals surface area contributed by atoms with Gasteiger partial charge in [0.2, 0.25) is 10.0 Å². The van der Waals surface area contributed by atoms with Crippen LogP contribution in [0.4, 0.5) is 0 Å². The lowest BCUT2D eigenvalue weighted by molar-refractivity contribution is 0.289. The highest BCUT2D eigenvalue weighted by atomic mass is 79.9. The number of nitrogens with zero attached hydrogens (tertiary/aromatic N) is 1. The van der Waals surface area contributed by atoms with E-state index in [1.54, 1.807) is 4.31 Å². The summed E-state index contributed by atoms with van der Waals surface area (Å²) in [5, 5.41) is 0.928. The van der Waals surface area contributed by atoms with Crippen LogP contribution in [0.15, 0.2) is 0 Å². The molecule has 0 bridgehead atoms. The molecule has 3 nitrogen and oxygen atoms in total. The average Bonchev–Trinajstić information content (AvgIpc) is 2.83. The van der Waals surface area contributed by atoms with Crippen LogP contribution in [0.2, 0.25) is 0 Å². The minimum atomic E-state index is -2.98. The molecule has 1 saturated carbocycles. The Morgan fingerprint density at radius 1 is 1.06 bits per heavy atom. The van der Waals surface area contributed by atoms with Gasteiger partial charge in [0, 0.05) is 18.4 Å². The van der Waals surface area contributed by atoms with Crippen molar-refractivity contribution < 1.29 is 8.42 Å². The zero-order valence-corrected chi connectivity index (χ0v) is 12.0. The molecule has 0 atom stereocenters. The molecule has 1 aliphatic heterocycles. The third kappa shape index (κ3) is 2.62. The smallest absolute Gasteiger partial charge is 0.212 e. The fourth-order valence-electron chi connectivity index (χ4n) is 2.72. The fourth-order valence-corrected chi connectivity index (χ4v) is 5.43. The van der Waals surface area contributed by atoms with Crippen molar-refractivity contribution in [2.24, 2.45) is 5.92 Å². The van der Waals surface area contributed by atoms with E-state index < -0.39 is 10.0 Å². The van der Waals surface area contributed by atoms with Crippen LogP contribution in [0.5, 0.6) is 0 Å². The van der Waals surface area contributed by atoms with Crippen LogP contribution in [0.25, 0.3) is 0 Å². The van der Waals surface area contributed by atoms with E-state index >= 15 is 0 Å². The van der Waals surface area contributed by atoms with E-state index in [1.807, 2.05) is 0 Å². The van der Waals surface area contributed by atoms with Gasteiger partial charge >= 0.3 is 0 Å². The molecule has 0 aromatic rings. The van der Waals surface area contributed by atoms with Crippen molar-refractivity contribution in [1.82, 2.24) is 4.31 Å². The van der Waals surface area contributed by atoms with Crippen molar-refractivity contribution in [1.29, 1.82) is 0 Å². The third-order valence-corrected chi connectivity index (χ3v) is 7.19. The zero-order chi connectivity index (χ0) is 11.6. The van der Waals surface area contributed by atoms with E-state index in [9.17, 15) is 8.42 Å². The molecule has 2 fully saturated rings. The van der Waals surface area contributed by atoms with Gasteiger partial charge in [-0.25, -0.2) is 12.7 Å². The molecule has 0 unspecified atom stereocenters. The number of hydrogen-bond acceptors (Lipinski definition) is 2. The Morgan fingerprint density at radius 3 is 2.12 bits per heavy atom. The Morgan fingerprint density at radius 2 is 1.62 bits per heavy atom. The lowest BCUT2D eigenvalue weighted by Crippen LogP contribution is -2.43. The molecule has 2 aliphatic rings. The lowest BCUT2D eigenvalue weighted by Gasteiger charge is -2.32. The van der Waals surface area contributed by atoms with Gasteiger partial charge in [0.15, 0.2) is 0 Å². The summed E-state index contributed by atoms with van der Waals surface area (Å²) in [5.41, 5.74) is 0. The molecule has 94 valence electrons. The number of hydrogen-bond donors (Lipinski definition) is 0. The molecule has 0 radical (unpaired) electrons. The molecule has 0 spiro atoms. The Labute approximate surface area is 107 Å². The molecule has 1 aliphatic carbocycles. The summed E-state index contributed by atoms with van der Waals surface area (Å²) in [5.74, 6) is 0.662. The van der Waals surface area contributed by atoms with Gasteiger partial charge in [-0.15, -0.1) is 0 Å². The topological polar surface area (TPSA) is 37.4 Å². The summed E-state index contributed by atoms with van der Waals surface area (Å²) in [6, 6.07) is 0. The molecule has 0 aromatic heterocycles. The van der Waals surface area contributed by atoms with Crippen molar-refractivity contribution in [2.45, 2.75) is 43.8 Å². The Kier molecular flexibility index (Phi) is 4.30. The van der Waals surface area contributed by atoms with Crippen LogP contribution < -0.4 is 0 Å². The predicted molar refractivity (Wildman–Crippen MR) is 69.3 cm³/mol. The second-order valence-electron chi connectivity index (χ2n) is 4.95. The summed E-state index contributed by atoms with van der Waals surface area (Å²) in [4.78, 5) is 0. The molecule has 5 heteroatoms. The fraction of sp³-hybridized carbons (Fsp3) is 1.00. The van der Waals surface area contributed by atoms with Gasteiger partial charge in [0.25, 0.3) is 0 Å². The summed E-state index contributed by atoms with van der Waals surface area (Å²) < 4.78 is 26.3. The van der Waals surface area contributed by atoms with Crippen LogP contribution in [0.1, 0.15) is 38.5 Å². The molecular formula is C11H20BrNO2S. The monoisotopic (exact) mass is 309 g/mol. The van der Waals surface area contributed by atoms with E-state index in [-0.39, 0.29) is 5.25 Å². The predicted octanol–water partition coefficient (Wildman–Crippen LogP) is 2.37. The maximum atomic E-state index is 12.3. The van der Waals surface area contributed by atoms with E-state index in [0.29, 0.717) is 5.92 Å². The lowest BCUT2D eigenvalue weighted by atomic mass is 10.0. The van der Waals surface area contributed by atoms with Gasteiger partial charge in [-0.3, -0.25) is 0 Å². The van der Waals surface area contributed by atoms with Crippen molar-refractivity contribution in [3.63, 3.8) is 0 Å². The first kappa shape index (κ1) is 12.8. The molecule has 0 N–H and O–H groups in total. The minimum Gasteiger partial charge on any atom is -0.212 e. The normalized spacial score (nSPS) is 26.3.